The van der Waals surface area contributed by atoms with E-state index in [1.54, 1.807) is 0 Å². The SMILES string of the molecule is CCCCC(C)NC(C)COc1ccc(C)cc1. The van der Waals surface area contributed by atoms with E-state index in [0.29, 0.717) is 12.1 Å². The van der Waals surface area contributed by atoms with E-state index < -0.39 is 0 Å². The van der Waals surface area contributed by atoms with Crippen LogP contribution in [-0.4, -0.2) is 18.7 Å². The van der Waals surface area contributed by atoms with Gasteiger partial charge < -0.3 is 10.1 Å². The van der Waals surface area contributed by atoms with Crippen molar-refractivity contribution in [2.75, 3.05) is 6.61 Å². The lowest BCUT2D eigenvalue weighted by Gasteiger charge is -2.20. The molecule has 1 aromatic rings. The Bertz CT molecular complexity index is 320. The standard InChI is InChI=1S/C16H27NO/c1-5-6-7-14(3)17-15(4)12-18-16-10-8-13(2)9-11-16/h8-11,14-15,17H,5-7,12H2,1-4H3. The molecular formula is C16H27NO. The van der Waals surface area contributed by atoms with Gasteiger partial charge in [0.2, 0.25) is 0 Å². The van der Waals surface area contributed by atoms with Crippen molar-refractivity contribution < 1.29 is 4.74 Å². The molecule has 0 aliphatic heterocycles. The van der Waals surface area contributed by atoms with Gasteiger partial charge >= 0.3 is 0 Å². The Morgan fingerprint density at radius 2 is 1.78 bits per heavy atom. The molecule has 2 heteroatoms. The van der Waals surface area contributed by atoms with Crippen LogP contribution in [0.25, 0.3) is 0 Å². The molecule has 0 saturated heterocycles. The van der Waals surface area contributed by atoms with E-state index in [-0.39, 0.29) is 0 Å². The molecule has 0 aromatic heterocycles. The molecule has 0 saturated carbocycles. The third-order valence-electron chi connectivity index (χ3n) is 3.08. The van der Waals surface area contributed by atoms with Crippen molar-refractivity contribution in [3.8, 4) is 5.75 Å². The zero-order valence-electron chi connectivity index (χ0n) is 12.2. The first-order valence-electron chi connectivity index (χ1n) is 7.07. The van der Waals surface area contributed by atoms with Gasteiger partial charge in [-0.1, -0.05) is 37.5 Å². The minimum atomic E-state index is 0.387. The Morgan fingerprint density at radius 1 is 1.11 bits per heavy atom. The van der Waals surface area contributed by atoms with Crippen molar-refractivity contribution >= 4 is 0 Å². The number of unbranched alkanes of at least 4 members (excludes halogenated alkanes) is 1. The molecule has 18 heavy (non-hydrogen) atoms. The van der Waals surface area contributed by atoms with Crippen LogP contribution in [-0.2, 0) is 0 Å². The molecule has 0 spiro atoms. The Morgan fingerprint density at radius 3 is 2.39 bits per heavy atom. The minimum Gasteiger partial charge on any atom is -0.492 e. The summed E-state index contributed by atoms with van der Waals surface area (Å²) >= 11 is 0. The number of hydrogen-bond donors (Lipinski definition) is 1. The van der Waals surface area contributed by atoms with Gasteiger partial charge in [0.1, 0.15) is 12.4 Å². The van der Waals surface area contributed by atoms with Crippen LogP contribution in [0.3, 0.4) is 0 Å². The number of hydrogen-bond acceptors (Lipinski definition) is 2. The average molecular weight is 249 g/mol. The molecule has 1 rings (SSSR count). The summed E-state index contributed by atoms with van der Waals surface area (Å²) in [5.74, 6) is 0.954. The van der Waals surface area contributed by atoms with Crippen LogP contribution < -0.4 is 10.1 Å². The smallest absolute Gasteiger partial charge is 0.119 e. The van der Waals surface area contributed by atoms with Crippen LogP contribution in [0.5, 0.6) is 5.75 Å². The molecule has 102 valence electrons. The molecule has 0 radical (unpaired) electrons. The molecule has 0 fully saturated rings. The first-order valence-corrected chi connectivity index (χ1v) is 7.07. The maximum atomic E-state index is 5.77. The number of ether oxygens (including phenoxy) is 1. The Balaban J connectivity index is 2.24. The summed E-state index contributed by atoms with van der Waals surface area (Å²) in [6.45, 7) is 9.47. The monoisotopic (exact) mass is 249 g/mol. The van der Waals surface area contributed by atoms with Crippen LogP contribution in [0.1, 0.15) is 45.6 Å². The second-order valence-corrected chi connectivity index (χ2v) is 5.24. The highest BCUT2D eigenvalue weighted by atomic mass is 16.5. The molecule has 0 bridgehead atoms. The van der Waals surface area contributed by atoms with Crippen LogP contribution in [0.15, 0.2) is 24.3 Å². The third kappa shape index (κ3) is 6.06. The second-order valence-electron chi connectivity index (χ2n) is 5.24. The van der Waals surface area contributed by atoms with E-state index in [1.165, 1.54) is 24.8 Å². The molecule has 1 aromatic carbocycles. The van der Waals surface area contributed by atoms with Crippen LogP contribution in [0, 0.1) is 6.92 Å². The molecule has 2 nitrogen and oxygen atoms in total. The lowest BCUT2D eigenvalue weighted by molar-refractivity contribution is 0.260. The topological polar surface area (TPSA) is 21.3 Å². The lowest BCUT2D eigenvalue weighted by Crippen LogP contribution is -2.38. The zero-order valence-corrected chi connectivity index (χ0v) is 12.2. The summed E-state index contributed by atoms with van der Waals surface area (Å²) in [5.41, 5.74) is 1.27. The quantitative estimate of drug-likeness (QED) is 0.753. The van der Waals surface area contributed by atoms with E-state index in [0.717, 1.165) is 12.4 Å². The first kappa shape index (κ1) is 15.0. The Hall–Kier alpha value is -1.02. The maximum Gasteiger partial charge on any atom is 0.119 e. The first-order chi connectivity index (χ1) is 8.61. The van der Waals surface area contributed by atoms with Gasteiger partial charge in [-0.15, -0.1) is 0 Å². The predicted octanol–water partition coefficient (Wildman–Crippen LogP) is 3.93. The zero-order chi connectivity index (χ0) is 13.4. The minimum absolute atomic E-state index is 0.387. The summed E-state index contributed by atoms with van der Waals surface area (Å²) in [4.78, 5) is 0. The summed E-state index contributed by atoms with van der Waals surface area (Å²) in [6, 6.07) is 9.18. The van der Waals surface area contributed by atoms with E-state index in [1.807, 2.05) is 12.1 Å². The highest BCUT2D eigenvalue weighted by molar-refractivity contribution is 5.26. The average Bonchev–Trinajstić information content (AvgIpc) is 2.35. The van der Waals surface area contributed by atoms with Crippen molar-refractivity contribution in [1.29, 1.82) is 0 Å². The second kappa shape index (κ2) is 8.15. The summed E-state index contributed by atoms with van der Waals surface area (Å²) in [7, 11) is 0. The van der Waals surface area contributed by atoms with E-state index in [9.17, 15) is 0 Å². The highest BCUT2D eigenvalue weighted by Gasteiger charge is 2.07. The molecule has 2 unspecified atom stereocenters. The number of nitrogens with one attached hydrogen (secondary N) is 1. The van der Waals surface area contributed by atoms with Crippen molar-refractivity contribution in [2.24, 2.45) is 0 Å². The molecule has 0 aliphatic rings. The van der Waals surface area contributed by atoms with Crippen molar-refractivity contribution in [2.45, 2.75) is 59.0 Å². The molecule has 1 N–H and O–H groups in total. The van der Waals surface area contributed by atoms with E-state index >= 15 is 0 Å². The molecule has 0 amide bonds. The predicted molar refractivity (Wildman–Crippen MR) is 78.3 cm³/mol. The summed E-state index contributed by atoms with van der Waals surface area (Å²) in [5, 5.41) is 3.57. The van der Waals surface area contributed by atoms with Gasteiger partial charge in [0.25, 0.3) is 0 Å². The number of aryl methyl sites for hydroxylation is 1. The van der Waals surface area contributed by atoms with E-state index in [4.69, 9.17) is 4.74 Å². The van der Waals surface area contributed by atoms with Gasteiger partial charge in [0, 0.05) is 12.1 Å². The van der Waals surface area contributed by atoms with Crippen molar-refractivity contribution in [3.63, 3.8) is 0 Å². The van der Waals surface area contributed by atoms with Gasteiger partial charge in [-0.25, -0.2) is 0 Å². The summed E-state index contributed by atoms with van der Waals surface area (Å²) < 4.78 is 5.77. The maximum absolute atomic E-state index is 5.77. The highest BCUT2D eigenvalue weighted by Crippen LogP contribution is 2.11. The van der Waals surface area contributed by atoms with Crippen LogP contribution >= 0.6 is 0 Å². The number of benzene rings is 1. The Kier molecular flexibility index (Phi) is 6.81. The van der Waals surface area contributed by atoms with E-state index in [2.05, 4.69) is 45.1 Å². The summed E-state index contributed by atoms with van der Waals surface area (Å²) in [6.07, 6.45) is 3.80. The number of rotatable bonds is 8. The van der Waals surface area contributed by atoms with Gasteiger partial charge in [0.05, 0.1) is 0 Å². The van der Waals surface area contributed by atoms with Crippen LogP contribution in [0.4, 0.5) is 0 Å². The Labute approximate surface area is 112 Å². The van der Waals surface area contributed by atoms with Gasteiger partial charge in [-0.3, -0.25) is 0 Å². The molecule has 0 aliphatic carbocycles. The fraction of sp³-hybridized carbons (Fsp3) is 0.625. The fourth-order valence-corrected chi connectivity index (χ4v) is 1.98. The molecular weight excluding hydrogens is 222 g/mol. The van der Waals surface area contributed by atoms with Gasteiger partial charge in [0.15, 0.2) is 0 Å². The molecule has 0 heterocycles. The van der Waals surface area contributed by atoms with Crippen LogP contribution in [0.2, 0.25) is 0 Å². The molecule has 2 atom stereocenters. The normalized spacial score (nSPS) is 14.2. The lowest BCUT2D eigenvalue weighted by atomic mass is 10.1. The largest absolute Gasteiger partial charge is 0.492 e. The van der Waals surface area contributed by atoms with Crippen molar-refractivity contribution in [1.82, 2.24) is 5.32 Å². The van der Waals surface area contributed by atoms with Gasteiger partial charge in [-0.2, -0.15) is 0 Å². The fourth-order valence-electron chi connectivity index (χ4n) is 1.98. The van der Waals surface area contributed by atoms with Crippen molar-refractivity contribution in [3.05, 3.63) is 29.8 Å². The van der Waals surface area contributed by atoms with Gasteiger partial charge in [-0.05, 0) is 39.3 Å². The third-order valence-corrected chi connectivity index (χ3v) is 3.08.